The summed E-state index contributed by atoms with van der Waals surface area (Å²) in [6.07, 6.45) is 2.78. The van der Waals surface area contributed by atoms with E-state index >= 15 is 0 Å². The number of carbonyl (C=O) groups excluding carboxylic acids is 1. The number of sulfonamides is 1. The van der Waals surface area contributed by atoms with Gasteiger partial charge in [-0.1, -0.05) is 54.1 Å². The molecule has 2 aliphatic heterocycles. The van der Waals surface area contributed by atoms with Crippen molar-refractivity contribution in [1.82, 2.24) is 9.62 Å². The van der Waals surface area contributed by atoms with Crippen LogP contribution in [0, 0.1) is 0 Å². The molecule has 6 nitrogen and oxygen atoms in total. The Morgan fingerprint density at radius 2 is 1.67 bits per heavy atom. The molecule has 0 saturated carbocycles. The van der Waals surface area contributed by atoms with Crippen LogP contribution >= 0.6 is 0 Å². The maximum absolute atomic E-state index is 12.8. The number of likely N-dealkylation sites (tertiary alicyclic amines) is 1. The molecule has 27 heavy (non-hydrogen) atoms. The van der Waals surface area contributed by atoms with Gasteiger partial charge >= 0.3 is 0 Å². The van der Waals surface area contributed by atoms with Gasteiger partial charge in [-0.3, -0.25) is 4.79 Å². The average Bonchev–Trinajstić information content (AvgIpc) is 2.68. The zero-order valence-electron chi connectivity index (χ0n) is 14.8. The Morgan fingerprint density at radius 1 is 1.00 bits per heavy atom. The van der Waals surface area contributed by atoms with Crippen LogP contribution in [0.4, 0.5) is 5.69 Å². The van der Waals surface area contributed by atoms with E-state index in [9.17, 15) is 13.2 Å². The molecular formula is C20H21N3O3S. The standard InChI is InChI=1S/C20H21N3O3S/c24-20(19-21-17-8-4-5-9-18(17)27(25,26)22-19)23-12-10-16(11-13-23)14-15-6-2-1-3-7-15/h1-9,14,19,21-22H,10-13H2/t19-/m1/s1. The van der Waals surface area contributed by atoms with Crippen molar-refractivity contribution >= 4 is 27.7 Å². The number of carbonyl (C=O) groups is 1. The lowest BCUT2D eigenvalue weighted by Crippen LogP contribution is -2.55. The second kappa shape index (κ2) is 7.17. The highest BCUT2D eigenvalue weighted by atomic mass is 32.2. The second-order valence-corrected chi connectivity index (χ2v) is 8.42. The van der Waals surface area contributed by atoms with E-state index in [0.29, 0.717) is 18.8 Å². The number of rotatable bonds is 2. The van der Waals surface area contributed by atoms with Crippen LogP contribution in [0.5, 0.6) is 0 Å². The minimum atomic E-state index is -3.70. The molecular weight excluding hydrogens is 362 g/mol. The summed E-state index contributed by atoms with van der Waals surface area (Å²) in [6, 6.07) is 16.7. The van der Waals surface area contributed by atoms with Crippen LogP contribution in [0.25, 0.3) is 6.08 Å². The van der Waals surface area contributed by atoms with E-state index in [1.807, 2.05) is 18.2 Å². The highest BCUT2D eigenvalue weighted by Crippen LogP contribution is 2.27. The second-order valence-electron chi connectivity index (χ2n) is 6.73. The number of nitrogens with zero attached hydrogens (tertiary/aromatic N) is 1. The van der Waals surface area contributed by atoms with Crippen LogP contribution in [-0.2, 0) is 14.8 Å². The van der Waals surface area contributed by atoms with Gasteiger partial charge in [0.2, 0.25) is 10.0 Å². The molecule has 1 amide bonds. The number of fused-ring (bicyclic) bond motifs is 1. The number of benzene rings is 2. The fraction of sp³-hybridized carbons (Fsp3) is 0.250. The first-order chi connectivity index (χ1) is 13.0. The topological polar surface area (TPSA) is 78.5 Å². The molecule has 1 atom stereocenters. The summed E-state index contributed by atoms with van der Waals surface area (Å²) < 4.78 is 27.2. The molecule has 0 radical (unpaired) electrons. The van der Waals surface area contributed by atoms with Crippen molar-refractivity contribution in [3.05, 3.63) is 65.7 Å². The van der Waals surface area contributed by atoms with Crippen molar-refractivity contribution in [3.8, 4) is 0 Å². The van der Waals surface area contributed by atoms with E-state index < -0.39 is 16.2 Å². The lowest BCUT2D eigenvalue weighted by molar-refractivity contribution is -0.132. The predicted octanol–water partition coefficient (Wildman–Crippen LogP) is 2.42. The molecule has 2 aromatic carbocycles. The molecule has 1 fully saturated rings. The molecule has 0 aliphatic carbocycles. The van der Waals surface area contributed by atoms with E-state index in [2.05, 4.69) is 28.2 Å². The smallest absolute Gasteiger partial charge is 0.261 e. The van der Waals surface area contributed by atoms with Crippen LogP contribution in [0.3, 0.4) is 0 Å². The first kappa shape index (κ1) is 17.8. The van der Waals surface area contributed by atoms with Gasteiger partial charge in [0.25, 0.3) is 5.91 Å². The Bertz CT molecular complexity index is 977. The number of piperidine rings is 1. The SMILES string of the molecule is O=C([C@@H]1Nc2ccccc2S(=O)(=O)N1)N1CCC(=Cc2ccccc2)CC1. The van der Waals surface area contributed by atoms with Gasteiger partial charge in [-0.25, -0.2) is 8.42 Å². The highest BCUT2D eigenvalue weighted by Gasteiger charge is 2.35. The average molecular weight is 383 g/mol. The molecule has 2 N–H and O–H groups in total. The fourth-order valence-electron chi connectivity index (χ4n) is 3.46. The summed E-state index contributed by atoms with van der Waals surface area (Å²) in [7, 11) is -3.70. The largest absolute Gasteiger partial charge is 0.360 e. The minimum Gasteiger partial charge on any atom is -0.360 e. The number of hydrogen-bond acceptors (Lipinski definition) is 4. The van der Waals surface area contributed by atoms with Crippen LogP contribution in [0.15, 0.2) is 65.1 Å². The Labute approximate surface area is 158 Å². The van der Waals surface area contributed by atoms with Crippen molar-refractivity contribution in [3.63, 3.8) is 0 Å². The van der Waals surface area contributed by atoms with Crippen molar-refractivity contribution in [2.24, 2.45) is 0 Å². The van der Waals surface area contributed by atoms with Crippen LogP contribution in [-0.4, -0.2) is 38.5 Å². The Hall–Kier alpha value is -2.64. The zero-order valence-corrected chi connectivity index (χ0v) is 15.6. The van der Waals surface area contributed by atoms with Crippen molar-refractivity contribution in [2.45, 2.75) is 23.9 Å². The molecule has 2 heterocycles. The molecule has 1 saturated heterocycles. The Kier molecular flexibility index (Phi) is 4.72. The van der Waals surface area contributed by atoms with Gasteiger partial charge in [0.15, 0.2) is 6.17 Å². The maximum atomic E-state index is 12.8. The van der Waals surface area contributed by atoms with Gasteiger partial charge in [0.05, 0.1) is 5.69 Å². The first-order valence-corrected chi connectivity index (χ1v) is 10.4. The lowest BCUT2D eigenvalue weighted by Gasteiger charge is -2.34. The third-order valence-corrected chi connectivity index (χ3v) is 6.37. The first-order valence-electron chi connectivity index (χ1n) is 8.94. The summed E-state index contributed by atoms with van der Waals surface area (Å²) in [5.74, 6) is -0.244. The molecule has 140 valence electrons. The summed E-state index contributed by atoms with van der Waals surface area (Å²) in [4.78, 5) is 14.7. The van der Waals surface area contributed by atoms with Crippen LogP contribution < -0.4 is 10.0 Å². The molecule has 0 unspecified atom stereocenters. The van der Waals surface area contributed by atoms with Gasteiger partial charge in [0, 0.05) is 13.1 Å². The number of anilines is 1. The summed E-state index contributed by atoms with van der Waals surface area (Å²) in [6.45, 7) is 1.16. The lowest BCUT2D eigenvalue weighted by atomic mass is 10.0. The molecule has 7 heteroatoms. The monoisotopic (exact) mass is 383 g/mol. The number of nitrogens with one attached hydrogen (secondary N) is 2. The Balaban J connectivity index is 1.44. The third kappa shape index (κ3) is 3.74. The highest BCUT2D eigenvalue weighted by molar-refractivity contribution is 7.89. The quantitative estimate of drug-likeness (QED) is 0.835. The number of hydrogen-bond donors (Lipinski definition) is 2. The van der Waals surface area contributed by atoms with E-state index in [0.717, 1.165) is 18.4 Å². The molecule has 0 bridgehead atoms. The van der Waals surface area contributed by atoms with E-state index in [-0.39, 0.29) is 10.8 Å². The van der Waals surface area contributed by atoms with Gasteiger partial charge in [-0.05, 0) is 30.5 Å². The van der Waals surface area contributed by atoms with Crippen molar-refractivity contribution in [1.29, 1.82) is 0 Å². The third-order valence-electron chi connectivity index (χ3n) is 4.88. The molecule has 2 aliphatic rings. The van der Waals surface area contributed by atoms with Gasteiger partial charge in [0.1, 0.15) is 4.90 Å². The summed E-state index contributed by atoms with van der Waals surface area (Å²) in [5, 5.41) is 3.00. The fourth-order valence-corrected chi connectivity index (χ4v) is 4.73. The predicted molar refractivity (Wildman–Crippen MR) is 104 cm³/mol. The number of para-hydroxylation sites is 1. The van der Waals surface area contributed by atoms with Gasteiger partial charge < -0.3 is 10.2 Å². The van der Waals surface area contributed by atoms with Crippen molar-refractivity contribution < 1.29 is 13.2 Å². The summed E-state index contributed by atoms with van der Waals surface area (Å²) >= 11 is 0. The Morgan fingerprint density at radius 3 is 2.41 bits per heavy atom. The van der Waals surface area contributed by atoms with E-state index in [4.69, 9.17) is 0 Å². The zero-order chi connectivity index (χ0) is 18.9. The molecule has 0 aromatic heterocycles. The molecule has 2 aromatic rings. The molecule has 4 rings (SSSR count). The minimum absolute atomic E-state index is 0.167. The van der Waals surface area contributed by atoms with E-state index in [1.54, 1.807) is 23.1 Å². The van der Waals surface area contributed by atoms with Gasteiger partial charge in [-0.15, -0.1) is 0 Å². The van der Waals surface area contributed by atoms with Crippen LogP contribution in [0.2, 0.25) is 0 Å². The van der Waals surface area contributed by atoms with E-state index in [1.165, 1.54) is 11.6 Å². The van der Waals surface area contributed by atoms with Crippen molar-refractivity contribution in [2.75, 3.05) is 18.4 Å². The van der Waals surface area contributed by atoms with Crippen LogP contribution in [0.1, 0.15) is 18.4 Å². The molecule has 0 spiro atoms. The number of amides is 1. The normalized spacial score (nSPS) is 21.1. The maximum Gasteiger partial charge on any atom is 0.261 e. The summed E-state index contributed by atoms with van der Waals surface area (Å²) in [5.41, 5.74) is 2.91. The van der Waals surface area contributed by atoms with Gasteiger partial charge in [-0.2, -0.15) is 4.72 Å².